The number of rotatable bonds is 3. The fourth-order valence-electron chi connectivity index (χ4n) is 3.60. The molecule has 2 heterocycles. The molecule has 0 spiro atoms. The number of hydrogen-bond donors (Lipinski definition) is 0. The maximum Gasteiger partial charge on any atom is 0.323 e. The minimum absolute atomic E-state index is 0.151. The molecule has 0 bridgehead atoms. The summed E-state index contributed by atoms with van der Waals surface area (Å²) in [7, 11) is 4.74. The molecule has 1 fully saturated rings. The van der Waals surface area contributed by atoms with E-state index in [0.717, 1.165) is 30.7 Å². The molecule has 5 heteroatoms. The van der Waals surface area contributed by atoms with Crippen LogP contribution in [0.1, 0.15) is 30.0 Å². The molecule has 2 atom stereocenters. The van der Waals surface area contributed by atoms with Crippen molar-refractivity contribution in [3.05, 3.63) is 23.3 Å². The Balaban J connectivity index is 2.05. The number of carbonyl (C=O) groups excluding carboxylic acids is 1. The third-order valence-corrected chi connectivity index (χ3v) is 4.59. The number of hydrogen-bond acceptors (Lipinski definition) is 5. The number of benzene rings is 1. The predicted molar refractivity (Wildman–Crippen MR) is 77.7 cm³/mol. The molecule has 1 aromatic rings. The smallest absolute Gasteiger partial charge is 0.323 e. The van der Waals surface area contributed by atoms with Crippen LogP contribution >= 0.6 is 0 Å². The van der Waals surface area contributed by atoms with Gasteiger partial charge < -0.3 is 14.2 Å². The molecule has 0 amide bonds. The number of ether oxygens (including phenoxy) is 3. The van der Waals surface area contributed by atoms with Gasteiger partial charge in [-0.3, -0.25) is 9.69 Å². The Labute approximate surface area is 124 Å². The molecule has 0 aliphatic carbocycles. The number of methoxy groups -OCH3 is 3. The van der Waals surface area contributed by atoms with Crippen molar-refractivity contribution in [2.45, 2.75) is 31.3 Å². The molecule has 2 aliphatic rings. The summed E-state index contributed by atoms with van der Waals surface area (Å²) < 4.78 is 15.8. The number of fused-ring (bicyclic) bond motifs is 3. The van der Waals surface area contributed by atoms with Crippen LogP contribution in [0.5, 0.6) is 11.5 Å². The van der Waals surface area contributed by atoms with E-state index in [4.69, 9.17) is 14.2 Å². The third kappa shape index (κ3) is 2.25. The van der Waals surface area contributed by atoms with Gasteiger partial charge in [0.1, 0.15) is 6.04 Å². The summed E-state index contributed by atoms with van der Waals surface area (Å²) in [5, 5.41) is 0. The van der Waals surface area contributed by atoms with E-state index in [-0.39, 0.29) is 18.1 Å². The lowest BCUT2D eigenvalue weighted by Crippen LogP contribution is -2.46. The Hall–Kier alpha value is -1.75. The van der Waals surface area contributed by atoms with Crippen molar-refractivity contribution in [3.8, 4) is 11.5 Å². The first-order valence-corrected chi connectivity index (χ1v) is 7.28. The molecule has 0 saturated carbocycles. The Kier molecular flexibility index (Phi) is 3.76. The molecule has 114 valence electrons. The Morgan fingerprint density at radius 1 is 1.19 bits per heavy atom. The summed E-state index contributed by atoms with van der Waals surface area (Å²) in [5.74, 6) is 1.31. The number of esters is 1. The topological polar surface area (TPSA) is 48.0 Å². The van der Waals surface area contributed by atoms with Gasteiger partial charge >= 0.3 is 5.97 Å². The quantitative estimate of drug-likeness (QED) is 0.797. The van der Waals surface area contributed by atoms with Crippen LogP contribution in [-0.4, -0.2) is 44.8 Å². The van der Waals surface area contributed by atoms with Crippen LogP contribution in [0.25, 0.3) is 0 Å². The number of carbonyl (C=O) groups is 1. The zero-order valence-corrected chi connectivity index (χ0v) is 12.7. The predicted octanol–water partition coefficient (Wildman–Crippen LogP) is 1.94. The van der Waals surface area contributed by atoms with E-state index < -0.39 is 0 Å². The van der Waals surface area contributed by atoms with Crippen LogP contribution in [0.4, 0.5) is 0 Å². The highest BCUT2D eigenvalue weighted by molar-refractivity contribution is 5.77. The Morgan fingerprint density at radius 3 is 2.57 bits per heavy atom. The van der Waals surface area contributed by atoms with E-state index >= 15 is 0 Å². The van der Waals surface area contributed by atoms with Gasteiger partial charge in [0.2, 0.25) is 0 Å². The van der Waals surface area contributed by atoms with Gasteiger partial charge in [0, 0.05) is 6.04 Å². The van der Waals surface area contributed by atoms with Gasteiger partial charge in [-0.15, -0.1) is 0 Å². The molecule has 1 saturated heterocycles. The zero-order chi connectivity index (χ0) is 15.0. The largest absolute Gasteiger partial charge is 0.493 e. The van der Waals surface area contributed by atoms with Gasteiger partial charge in [-0.25, -0.2) is 0 Å². The molecule has 3 rings (SSSR count). The second-order valence-electron chi connectivity index (χ2n) is 5.54. The second kappa shape index (κ2) is 5.56. The summed E-state index contributed by atoms with van der Waals surface area (Å²) in [6.45, 7) is 0.943. The van der Waals surface area contributed by atoms with Crippen molar-refractivity contribution in [3.63, 3.8) is 0 Å². The maximum atomic E-state index is 12.1. The van der Waals surface area contributed by atoms with Gasteiger partial charge in [0.25, 0.3) is 0 Å². The Bertz CT molecular complexity index is 557. The summed E-state index contributed by atoms with van der Waals surface area (Å²) in [6.07, 6.45) is 2.83. The van der Waals surface area contributed by atoms with E-state index in [1.165, 1.54) is 12.7 Å². The van der Waals surface area contributed by atoms with E-state index in [9.17, 15) is 4.79 Å². The van der Waals surface area contributed by atoms with Crippen molar-refractivity contribution < 1.29 is 19.0 Å². The van der Waals surface area contributed by atoms with E-state index in [0.29, 0.717) is 12.2 Å². The van der Waals surface area contributed by atoms with E-state index in [2.05, 4.69) is 11.0 Å². The molecule has 0 aromatic heterocycles. The van der Waals surface area contributed by atoms with Crippen molar-refractivity contribution in [2.75, 3.05) is 27.9 Å². The average Bonchev–Trinajstić information content (AvgIpc) is 3.01. The monoisotopic (exact) mass is 291 g/mol. The molecule has 0 N–H and O–H groups in total. The van der Waals surface area contributed by atoms with Gasteiger partial charge in [-0.2, -0.15) is 0 Å². The van der Waals surface area contributed by atoms with Crippen molar-refractivity contribution in [2.24, 2.45) is 0 Å². The fraction of sp³-hybridized carbons (Fsp3) is 0.562. The first kappa shape index (κ1) is 14.2. The van der Waals surface area contributed by atoms with Crippen molar-refractivity contribution >= 4 is 5.97 Å². The Morgan fingerprint density at radius 2 is 1.90 bits per heavy atom. The average molecular weight is 291 g/mol. The highest BCUT2D eigenvalue weighted by Gasteiger charge is 2.41. The van der Waals surface area contributed by atoms with Crippen LogP contribution in [0.15, 0.2) is 12.1 Å². The lowest BCUT2D eigenvalue weighted by atomic mass is 9.88. The van der Waals surface area contributed by atoms with E-state index in [1.807, 2.05) is 6.07 Å². The van der Waals surface area contributed by atoms with Gasteiger partial charge in [-0.05, 0) is 49.1 Å². The molecule has 0 unspecified atom stereocenters. The van der Waals surface area contributed by atoms with Gasteiger partial charge in [-0.1, -0.05) is 0 Å². The molecule has 21 heavy (non-hydrogen) atoms. The minimum atomic E-state index is -0.187. The normalized spacial score (nSPS) is 24.1. The molecule has 1 aromatic carbocycles. The zero-order valence-electron chi connectivity index (χ0n) is 12.7. The van der Waals surface area contributed by atoms with Crippen molar-refractivity contribution in [1.29, 1.82) is 0 Å². The van der Waals surface area contributed by atoms with E-state index in [1.54, 1.807) is 14.2 Å². The lowest BCUT2D eigenvalue weighted by Gasteiger charge is -2.37. The maximum absolute atomic E-state index is 12.1. The van der Waals surface area contributed by atoms with Crippen LogP contribution in [-0.2, 0) is 16.0 Å². The highest BCUT2D eigenvalue weighted by atomic mass is 16.5. The summed E-state index contributed by atoms with van der Waals surface area (Å²) in [5.41, 5.74) is 2.41. The standard InChI is InChI=1S/C16H21NO4/c1-19-14-8-10-7-13(16(18)21-3)17-6-4-5-12(17)11(10)9-15(14)20-2/h8-9,12-13H,4-7H2,1-3H3/t12-,13-/m0/s1. The second-order valence-corrected chi connectivity index (χ2v) is 5.54. The summed E-state index contributed by atoms with van der Waals surface area (Å²) in [4.78, 5) is 14.3. The lowest BCUT2D eigenvalue weighted by molar-refractivity contribution is -0.147. The van der Waals surface area contributed by atoms with Gasteiger partial charge in [0.15, 0.2) is 11.5 Å². The third-order valence-electron chi connectivity index (χ3n) is 4.59. The highest BCUT2D eigenvalue weighted by Crippen LogP contribution is 2.44. The van der Waals surface area contributed by atoms with Crippen LogP contribution in [0.3, 0.4) is 0 Å². The molecular formula is C16H21NO4. The van der Waals surface area contributed by atoms with Gasteiger partial charge in [0.05, 0.1) is 21.3 Å². The van der Waals surface area contributed by atoms with Crippen LogP contribution < -0.4 is 9.47 Å². The summed E-state index contributed by atoms with van der Waals surface area (Å²) >= 11 is 0. The van der Waals surface area contributed by atoms with Crippen molar-refractivity contribution in [1.82, 2.24) is 4.90 Å². The molecule has 5 nitrogen and oxygen atoms in total. The first-order chi connectivity index (χ1) is 10.2. The van der Waals surface area contributed by atoms with Crippen LogP contribution in [0.2, 0.25) is 0 Å². The molecule has 0 radical (unpaired) electrons. The SMILES string of the molecule is COC(=O)[C@@H]1Cc2cc(OC)c(OC)cc2[C@@H]2CCCN12. The summed E-state index contributed by atoms with van der Waals surface area (Å²) in [6, 6.07) is 4.15. The number of nitrogens with zero attached hydrogens (tertiary/aromatic N) is 1. The fourth-order valence-corrected chi connectivity index (χ4v) is 3.60. The van der Waals surface area contributed by atoms with Crippen LogP contribution in [0, 0.1) is 0 Å². The molecule has 2 aliphatic heterocycles. The first-order valence-electron chi connectivity index (χ1n) is 7.28. The minimum Gasteiger partial charge on any atom is -0.493 e. The molecular weight excluding hydrogens is 270 g/mol.